The average Bonchev–Trinajstić information content (AvgIpc) is 3.08. The van der Waals surface area contributed by atoms with Gasteiger partial charge in [0, 0.05) is 5.75 Å². The molecular formula is C18H14N4OS2. The standard InChI is InChI=1S/C18H14N4OS2/c19-11-14-8-4-5-9-15(14)12-24-18-22-21-17(25-18)20-16(23)10-13-6-2-1-3-7-13/h1-9H,10,12H2,(H,20,21,23). The Morgan fingerprint density at radius 2 is 1.88 bits per heavy atom. The van der Waals surface area contributed by atoms with Crippen molar-refractivity contribution in [3.63, 3.8) is 0 Å². The van der Waals surface area contributed by atoms with E-state index in [4.69, 9.17) is 5.26 Å². The quantitative estimate of drug-likeness (QED) is 0.529. The van der Waals surface area contributed by atoms with Crippen LogP contribution >= 0.6 is 23.1 Å². The molecule has 0 radical (unpaired) electrons. The van der Waals surface area contributed by atoms with Crippen LogP contribution in [-0.4, -0.2) is 16.1 Å². The summed E-state index contributed by atoms with van der Waals surface area (Å²) in [4.78, 5) is 12.0. The molecule has 0 unspecified atom stereocenters. The number of thioether (sulfide) groups is 1. The number of rotatable bonds is 6. The first-order valence-corrected chi connectivity index (χ1v) is 9.33. The van der Waals surface area contributed by atoms with Gasteiger partial charge in [-0.25, -0.2) is 0 Å². The van der Waals surface area contributed by atoms with Crippen molar-refractivity contribution in [1.82, 2.24) is 10.2 Å². The van der Waals surface area contributed by atoms with Crippen LogP contribution in [0.4, 0.5) is 5.13 Å². The lowest BCUT2D eigenvalue weighted by molar-refractivity contribution is -0.115. The molecule has 3 aromatic rings. The van der Waals surface area contributed by atoms with E-state index in [0.29, 0.717) is 22.9 Å². The minimum atomic E-state index is -0.117. The molecule has 1 aromatic heterocycles. The van der Waals surface area contributed by atoms with Crippen LogP contribution in [-0.2, 0) is 17.0 Å². The second-order valence-corrected chi connectivity index (χ2v) is 7.34. The zero-order valence-corrected chi connectivity index (χ0v) is 14.8. The lowest BCUT2D eigenvalue weighted by Crippen LogP contribution is -2.14. The van der Waals surface area contributed by atoms with Gasteiger partial charge in [-0.05, 0) is 17.2 Å². The van der Waals surface area contributed by atoms with Crippen LogP contribution < -0.4 is 5.32 Å². The largest absolute Gasteiger partial charge is 0.300 e. The first kappa shape index (κ1) is 17.1. The molecule has 0 atom stereocenters. The van der Waals surface area contributed by atoms with Gasteiger partial charge in [0.15, 0.2) is 4.34 Å². The van der Waals surface area contributed by atoms with Crippen LogP contribution in [0.3, 0.4) is 0 Å². The number of anilines is 1. The molecule has 5 nitrogen and oxygen atoms in total. The number of amides is 1. The monoisotopic (exact) mass is 366 g/mol. The minimum absolute atomic E-state index is 0.117. The maximum atomic E-state index is 12.0. The van der Waals surface area contributed by atoms with E-state index in [9.17, 15) is 4.79 Å². The topological polar surface area (TPSA) is 78.7 Å². The number of aromatic nitrogens is 2. The minimum Gasteiger partial charge on any atom is -0.300 e. The molecule has 0 aliphatic carbocycles. The van der Waals surface area contributed by atoms with Crippen molar-refractivity contribution in [2.45, 2.75) is 16.5 Å². The fourth-order valence-electron chi connectivity index (χ4n) is 2.16. The Morgan fingerprint density at radius 3 is 2.68 bits per heavy atom. The van der Waals surface area contributed by atoms with E-state index in [1.54, 1.807) is 6.07 Å². The van der Waals surface area contributed by atoms with Gasteiger partial charge < -0.3 is 5.32 Å². The van der Waals surface area contributed by atoms with Crippen molar-refractivity contribution in [2.24, 2.45) is 0 Å². The van der Waals surface area contributed by atoms with Gasteiger partial charge in [-0.2, -0.15) is 5.26 Å². The Morgan fingerprint density at radius 1 is 1.12 bits per heavy atom. The highest BCUT2D eigenvalue weighted by atomic mass is 32.2. The molecule has 0 aliphatic heterocycles. The number of hydrogen-bond acceptors (Lipinski definition) is 6. The molecule has 7 heteroatoms. The Bertz CT molecular complexity index is 903. The van der Waals surface area contributed by atoms with Crippen molar-refractivity contribution < 1.29 is 4.79 Å². The van der Waals surface area contributed by atoms with E-state index >= 15 is 0 Å². The lowest BCUT2D eigenvalue weighted by Gasteiger charge is -2.01. The summed E-state index contributed by atoms with van der Waals surface area (Å²) < 4.78 is 0.753. The molecule has 2 aromatic carbocycles. The summed E-state index contributed by atoms with van der Waals surface area (Å²) in [5, 5.41) is 20.4. The Labute approximate surface area is 153 Å². The van der Waals surface area contributed by atoms with E-state index in [2.05, 4.69) is 21.6 Å². The van der Waals surface area contributed by atoms with Crippen LogP contribution in [0.2, 0.25) is 0 Å². The molecule has 0 fully saturated rings. The number of nitrogens with one attached hydrogen (secondary N) is 1. The van der Waals surface area contributed by atoms with Gasteiger partial charge in [0.05, 0.1) is 18.1 Å². The second kappa shape index (κ2) is 8.42. The fourth-order valence-corrected chi connectivity index (χ4v) is 3.93. The highest BCUT2D eigenvalue weighted by molar-refractivity contribution is 8.00. The molecule has 25 heavy (non-hydrogen) atoms. The number of carbonyl (C=O) groups excluding carboxylic acids is 1. The summed E-state index contributed by atoms with van der Waals surface area (Å²) in [6.07, 6.45) is 0.304. The van der Waals surface area contributed by atoms with Crippen LogP contribution in [0.15, 0.2) is 58.9 Å². The zero-order chi connectivity index (χ0) is 17.5. The molecular weight excluding hydrogens is 352 g/mol. The summed E-state index contributed by atoms with van der Waals surface area (Å²) in [5.41, 5.74) is 2.57. The molecule has 124 valence electrons. The van der Waals surface area contributed by atoms with Crippen molar-refractivity contribution in [2.75, 3.05) is 5.32 Å². The molecule has 0 saturated carbocycles. The van der Waals surface area contributed by atoms with Crippen molar-refractivity contribution in [3.05, 3.63) is 71.3 Å². The first-order chi connectivity index (χ1) is 12.2. The molecule has 0 bridgehead atoms. The number of nitriles is 1. The molecule has 1 amide bonds. The second-order valence-electron chi connectivity index (χ2n) is 5.14. The normalized spacial score (nSPS) is 10.2. The fraction of sp³-hybridized carbons (Fsp3) is 0.111. The predicted molar refractivity (Wildman–Crippen MR) is 99.4 cm³/mol. The van der Waals surface area contributed by atoms with Gasteiger partial charge in [-0.3, -0.25) is 4.79 Å². The summed E-state index contributed by atoms with van der Waals surface area (Å²) in [6.45, 7) is 0. The number of benzene rings is 2. The lowest BCUT2D eigenvalue weighted by atomic mass is 10.1. The zero-order valence-electron chi connectivity index (χ0n) is 13.2. The van der Waals surface area contributed by atoms with Crippen LogP contribution in [0, 0.1) is 11.3 Å². The molecule has 3 rings (SSSR count). The summed E-state index contributed by atoms with van der Waals surface area (Å²) in [5.74, 6) is 0.518. The Kier molecular flexibility index (Phi) is 5.77. The maximum Gasteiger partial charge on any atom is 0.230 e. The Hall–Kier alpha value is -2.69. The predicted octanol–water partition coefficient (Wildman–Crippen LogP) is 3.88. The van der Waals surface area contributed by atoms with Crippen molar-refractivity contribution >= 4 is 34.1 Å². The van der Waals surface area contributed by atoms with Crippen LogP contribution in [0.5, 0.6) is 0 Å². The number of nitrogens with zero attached hydrogens (tertiary/aromatic N) is 3. The van der Waals surface area contributed by atoms with Crippen molar-refractivity contribution in [1.29, 1.82) is 5.26 Å². The van der Waals surface area contributed by atoms with E-state index < -0.39 is 0 Å². The van der Waals surface area contributed by atoms with Crippen LogP contribution in [0.1, 0.15) is 16.7 Å². The first-order valence-electron chi connectivity index (χ1n) is 7.52. The molecule has 1 N–H and O–H groups in total. The maximum absolute atomic E-state index is 12.0. The number of hydrogen-bond donors (Lipinski definition) is 1. The Balaban J connectivity index is 1.55. The molecule has 1 heterocycles. The molecule has 0 spiro atoms. The summed E-state index contributed by atoms with van der Waals surface area (Å²) in [6, 6.07) is 19.2. The van der Waals surface area contributed by atoms with Gasteiger partial charge >= 0.3 is 0 Å². The van der Waals surface area contributed by atoms with Gasteiger partial charge in [-0.1, -0.05) is 71.6 Å². The average molecular weight is 366 g/mol. The van der Waals surface area contributed by atoms with E-state index in [1.165, 1.54) is 23.1 Å². The highest BCUT2D eigenvalue weighted by Gasteiger charge is 2.10. The van der Waals surface area contributed by atoms with E-state index in [1.807, 2.05) is 48.5 Å². The highest BCUT2D eigenvalue weighted by Crippen LogP contribution is 2.29. The van der Waals surface area contributed by atoms with Crippen LogP contribution in [0.25, 0.3) is 0 Å². The van der Waals surface area contributed by atoms with E-state index in [0.717, 1.165) is 15.5 Å². The smallest absolute Gasteiger partial charge is 0.230 e. The SMILES string of the molecule is N#Cc1ccccc1CSc1nnc(NC(=O)Cc2ccccc2)s1. The van der Waals surface area contributed by atoms with Gasteiger partial charge in [0.2, 0.25) is 11.0 Å². The summed E-state index contributed by atoms with van der Waals surface area (Å²) >= 11 is 2.83. The molecule has 0 saturated heterocycles. The summed E-state index contributed by atoms with van der Waals surface area (Å²) in [7, 11) is 0. The van der Waals surface area contributed by atoms with Gasteiger partial charge in [0.1, 0.15) is 0 Å². The third kappa shape index (κ3) is 4.89. The number of carbonyl (C=O) groups is 1. The van der Waals surface area contributed by atoms with Gasteiger partial charge in [0.25, 0.3) is 0 Å². The van der Waals surface area contributed by atoms with E-state index in [-0.39, 0.29) is 5.91 Å². The van der Waals surface area contributed by atoms with Gasteiger partial charge in [-0.15, -0.1) is 10.2 Å². The molecule has 0 aliphatic rings. The van der Waals surface area contributed by atoms with Crippen molar-refractivity contribution in [3.8, 4) is 6.07 Å². The third-order valence-electron chi connectivity index (χ3n) is 3.35. The third-order valence-corrected chi connectivity index (χ3v) is 5.37.